The summed E-state index contributed by atoms with van der Waals surface area (Å²) in [5, 5.41) is 8.59. The van der Waals surface area contributed by atoms with Crippen molar-refractivity contribution in [2.24, 2.45) is 5.73 Å². The van der Waals surface area contributed by atoms with Crippen LogP contribution in [0.4, 0.5) is 0 Å². The van der Waals surface area contributed by atoms with Crippen molar-refractivity contribution in [3.8, 4) is 5.69 Å². The van der Waals surface area contributed by atoms with E-state index < -0.39 is 0 Å². The minimum Gasteiger partial charge on any atom is -0.325 e. The van der Waals surface area contributed by atoms with Gasteiger partial charge >= 0.3 is 0 Å². The fraction of sp³-hybridized carbons (Fsp3) is 0.200. The minimum atomic E-state index is 0.389. The summed E-state index contributed by atoms with van der Waals surface area (Å²) in [4.78, 5) is 0. The molecule has 0 fully saturated rings. The highest BCUT2D eigenvalue weighted by molar-refractivity contribution is 6.30. The molecule has 0 saturated heterocycles. The van der Waals surface area contributed by atoms with Crippen LogP contribution in [0.15, 0.2) is 24.4 Å². The molecule has 0 unspecified atom stereocenters. The van der Waals surface area contributed by atoms with E-state index in [0.717, 1.165) is 16.9 Å². The van der Waals surface area contributed by atoms with Gasteiger partial charge in [-0.05, 0) is 24.6 Å². The lowest BCUT2D eigenvalue weighted by Gasteiger charge is -2.04. The highest BCUT2D eigenvalue weighted by Crippen LogP contribution is 2.18. The second-order valence-electron chi connectivity index (χ2n) is 3.29. The average molecular weight is 223 g/mol. The molecule has 15 heavy (non-hydrogen) atoms. The molecular formula is C10H11ClN4. The Morgan fingerprint density at radius 1 is 1.47 bits per heavy atom. The van der Waals surface area contributed by atoms with Gasteiger partial charge in [-0.1, -0.05) is 22.9 Å². The van der Waals surface area contributed by atoms with Gasteiger partial charge in [-0.25, -0.2) is 4.68 Å². The SMILES string of the molecule is Cc1ccc(Cl)cc1-n1cc(CN)nn1. The molecule has 0 atom stereocenters. The van der Waals surface area contributed by atoms with Crippen LogP contribution in [-0.2, 0) is 6.54 Å². The monoisotopic (exact) mass is 222 g/mol. The van der Waals surface area contributed by atoms with Crippen LogP contribution in [-0.4, -0.2) is 15.0 Å². The molecule has 4 nitrogen and oxygen atoms in total. The smallest absolute Gasteiger partial charge is 0.0967 e. The Morgan fingerprint density at radius 3 is 2.93 bits per heavy atom. The van der Waals surface area contributed by atoms with E-state index in [4.69, 9.17) is 17.3 Å². The number of nitrogens with zero attached hydrogens (tertiary/aromatic N) is 3. The summed E-state index contributed by atoms with van der Waals surface area (Å²) >= 11 is 5.92. The highest BCUT2D eigenvalue weighted by Gasteiger charge is 2.04. The van der Waals surface area contributed by atoms with E-state index in [1.807, 2.05) is 25.1 Å². The standard InChI is InChI=1S/C10H11ClN4/c1-7-2-3-8(11)4-10(7)15-6-9(5-12)13-14-15/h2-4,6H,5,12H2,1H3. The van der Waals surface area contributed by atoms with Gasteiger partial charge in [0.25, 0.3) is 0 Å². The number of rotatable bonds is 2. The van der Waals surface area contributed by atoms with Gasteiger partial charge in [0.1, 0.15) is 0 Å². The maximum atomic E-state index is 5.92. The van der Waals surface area contributed by atoms with Crippen LogP contribution in [0.1, 0.15) is 11.3 Å². The molecule has 0 saturated carbocycles. The zero-order valence-corrected chi connectivity index (χ0v) is 9.07. The summed E-state index contributed by atoms with van der Waals surface area (Å²) in [5.74, 6) is 0. The molecule has 0 aliphatic carbocycles. The number of aryl methyl sites for hydroxylation is 1. The molecular weight excluding hydrogens is 212 g/mol. The van der Waals surface area contributed by atoms with Gasteiger partial charge in [0, 0.05) is 11.6 Å². The first-order valence-electron chi connectivity index (χ1n) is 4.58. The Kier molecular flexibility index (Phi) is 2.70. The lowest BCUT2D eigenvalue weighted by molar-refractivity contribution is 0.792. The number of nitrogens with two attached hydrogens (primary N) is 1. The van der Waals surface area contributed by atoms with E-state index in [9.17, 15) is 0 Å². The van der Waals surface area contributed by atoms with E-state index in [0.29, 0.717) is 11.6 Å². The van der Waals surface area contributed by atoms with E-state index in [1.165, 1.54) is 0 Å². The van der Waals surface area contributed by atoms with Crippen LogP contribution in [0, 0.1) is 6.92 Å². The van der Waals surface area contributed by atoms with Crippen molar-refractivity contribution in [3.05, 3.63) is 40.7 Å². The van der Waals surface area contributed by atoms with Crippen molar-refractivity contribution >= 4 is 11.6 Å². The summed E-state index contributed by atoms with van der Waals surface area (Å²) < 4.78 is 1.68. The largest absolute Gasteiger partial charge is 0.325 e. The third-order valence-corrected chi connectivity index (χ3v) is 2.40. The molecule has 2 aromatic rings. The molecule has 78 valence electrons. The second-order valence-corrected chi connectivity index (χ2v) is 3.73. The van der Waals surface area contributed by atoms with Gasteiger partial charge in [0.2, 0.25) is 0 Å². The second kappa shape index (κ2) is 4.00. The number of hydrogen-bond acceptors (Lipinski definition) is 3. The number of halogens is 1. The van der Waals surface area contributed by atoms with Crippen molar-refractivity contribution in [3.63, 3.8) is 0 Å². The first-order valence-corrected chi connectivity index (χ1v) is 4.96. The number of aromatic nitrogens is 3. The van der Waals surface area contributed by atoms with Crippen LogP contribution in [0.3, 0.4) is 0 Å². The summed E-state index contributed by atoms with van der Waals surface area (Å²) in [6, 6.07) is 5.65. The molecule has 0 amide bonds. The molecule has 0 radical (unpaired) electrons. The minimum absolute atomic E-state index is 0.389. The molecule has 0 spiro atoms. The average Bonchev–Trinajstić information content (AvgIpc) is 2.70. The van der Waals surface area contributed by atoms with Crippen LogP contribution < -0.4 is 5.73 Å². The molecule has 0 bridgehead atoms. The Morgan fingerprint density at radius 2 is 2.27 bits per heavy atom. The molecule has 5 heteroatoms. The topological polar surface area (TPSA) is 56.7 Å². The zero-order chi connectivity index (χ0) is 10.8. The summed E-state index contributed by atoms with van der Waals surface area (Å²) in [6.45, 7) is 2.38. The maximum absolute atomic E-state index is 5.92. The maximum Gasteiger partial charge on any atom is 0.0967 e. The van der Waals surface area contributed by atoms with E-state index in [2.05, 4.69) is 10.3 Å². The molecule has 0 aliphatic heterocycles. The van der Waals surface area contributed by atoms with Gasteiger partial charge < -0.3 is 5.73 Å². The van der Waals surface area contributed by atoms with Gasteiger partial charge in [0.05, 0.1) is 17.6 Å². The molecule has 2 rings (SSSR count). The molecule has 1 aromatic carbocycles. The van der Waals surface area contributed by atoms with Crippen molar-refractivity contribution in [2.75, 3.05) is 0 Å². The van der Waals surface area contributed by atoms with Crippen LogP contribution >= 0.6 is 11.6 Å². The third kappa shape index (κ3) is 2.00. The van der Waals surface area contributed by atoms with Gasteiger partial charge in [0.15, 0.2) is 0 Å². The molecule has 2 N–H and O–H groups in total. The summed E-state index contributed by atoms with van der Waals surface area (Å²) in [5.41, 5.74) is 8.24. The predicted octanol–water partition coefficient (Wildman–Crippen LogP) is 1.69. The first-order chi connectivity index (χ1) is 7.20. The van der Waals surface area contributed by atoms with E-state index >= 15 is 0 Å². The van der Waals surface area contributed by atoms with Crippen LogP contribution in [0.2, 0.25) is 5.02 Å². The van der Waals surface area contributed by atoms with Gasteiger partial charge in [-0.3, -0.25) is 0 Å². The Hall–Kier alpha value is -1.39. The Labute approximate surface area is 92.7 Å². The first kappa shape index (κ1) is 10.1. The predicted molar refractivity (Wildman–Crippen MR) is 59.0 cm³/mol. The zero-order valence-electron chi connectivity index (χ0n) is 8.31. The van der Waals surface area contributed by atoms with Crippen LogP contribution in [0.25, 0.3) is 5.69 Å². The number of benzene rings is 1. The van der Waals surface area contributed by atoms with Crippen molar-refractivity contribution in [2.45, 2.75) is 13.5 Å². The third-order valence-electron chi connectivity index (χ3n) is 2.17. The van der Waals surface area contributed by atoms with Crippen molar-refractivity contribution in [1.29, 1.82) is 0 Å². The van der Waals surface area contributed by atoms with E-state index in [-0.39, 0.29) is 0 Å². The van der Waals surface area contributed by atoms with Gasteiger partial charge in [-0.2, -0.15) is 0 Å². The fourth-order valence-corrected chi connectivity index (χ4v) is 1.51. The van der Waals surface area contributed by atoms with Crippen molar-refractivity contribution < 1.29 is 0 Å². The normalized spacial score (nSPS) is 10.6. The number of hydrogen-bond donors (Lipinski definition) is 1. The quantitative estimate of drug-likeness (QED) is 0.841. The molecule has 1 aromatic heterocycles. The Balaban J connectivity index is 2.48. The molecule has 1 heterocycles. The van der Waals surface area contributed by atoms with E-state index in [1.54, 1.807) is 10.9 Å². The van der Waals surface area contributed by atoms with Crippen molar-refractivity contribution in [1.82, 2.24) is 15.0 Å². The lowest BCUT2D eigenvalue weighted by Crippen LogP contribution is -1.98. The highest BCUT2D eigenvalue weighted by atomic mass is 35.5. The molecule has 0 aliphatic rings. The van der Waals surface area contributed by atoms with Gasteiger partial charge in [-0.15, -0.1) is 5.10 Å². The fourth-order valence-electron chi connectivity index (χ4n) is 1.34. The Bertz CT molecular complexity index is 478. The summed E-state index contributed by atoms with van der Waals surface area (Å²) in [6.07, 6.45) is 1.80. The van der Waals surface area contributed by atoms with Crippen LogP contribution in [0.5, 0.6) is 0 Å². The lowest BCUT2D eigenvalue weighted by atomic mass is 10.2. The summed E-state index contributed by atoms with van der Waals surface area (Å²) in [7, 11) is 0.